The summed E-state index contributed by atoms with van der Waals surface area (Å²) >= 11 is 5.18. The molecule has 0 unspecified atom stereocenters. The van der Waals surface area contributed by atoms with Crippen molar-refractivity contribution in [3.05, 3.63) is 20.8 Å². The zero-order valence-corrected chi connectivity index (χ0v) is 12.1. The molecule has 1 rings (SSSR count). The van der Waals surface area contributed by atoms with Gasteiger partial charge in [-0.2, -0.15) is 0 Å². The fourth-order valence-electron chi connectivity index (χ4n) is 1.49. The molecule has 1 heterocycles. The van der Waals surface area contributed by atoms with E-state index in [0.29, 0.717) is 13.2 Å². The van der Waals surface area contributed by atoms with Gasteiger partial charge in [-0.3, -0.25) is 4.90 Å². The lowest BCUT2D eigenvalue weighted by Gasteiger charge is -2.22. The van der Waals surface area contributed by atoms with Crippen LogP contribution in [-0.4, -0.2) is 42.9 Å². The van der Waals surface area contributed by atoms with Crippen molar-refractivity contribution in [3.63, 3.8) is 0 Å². The third kappa shape index (κ3) is 5.41. The van der Waals surface area contributed by atoms with Crippen LogP contribution in [0.4, 0.5) is 0 Å². The minimum atomic E-state index is -0.305. The Morgan fingerprint density at radius 3 is 2.81 bits per heavy atom. The van der Waals surface area contributed by atoms with E-state index < -0.39 is 0 Å². The lowest BCUT2D eigenvalue weighted by molar-refractivity contribution is 0.0945. The van der Waals surface area contributed by atoms with Crippen molar-refractivity contribution in [1.29, 1.82) is 0 Å². The van der Waals surface area contributed by atoms with Gasteiger partial charge in [0.15, 0.2) is 0 Å². The van der Waals surface area contributed by atoms with Gasteiger partial charge in [-0.25, -0.2) is 0 Å². The zero-order valence-electron chi connectivity index (χ0n) is 9.65. The maximum Gasteiger partial charge on any atom is 0.0701 e. The molecule has 1 aromatic heterocycles. The average Bonchev–Trinajstić information content (AvgIpc) is 2.59. The van der Waals surface area contributed by atoms with Crippen LogP contribution in [0.2, 0.25) is 0 Å². The number of rotatable bonds is 7. The van der Waals surface area contributed by atoms with Crippen molar-refractivity contribution < 1.29 is 9.84 Å². The monoisotopic (exact) mass is 307 g/mol. The molecule has 0 fully saturated rings. The molecule has 0 aliphatic carbocycles. The Hall–Kier alpha value is 0.0600. The molecule has 16 heavy (non-hydrogen) atoms. The van der Waals surface area contributed by atoms with Crippen LogP contribution >= 0.6 is 27.3 Å². The normalized spacial score (nSPS) is 13.3. The number of aliphatic hydroxyl groups excluding tert-OH is 1. The Balaban J connectivity index is 2.48. The van der Waals surface area contributed by atoms with Crippen LogP contribution in [0.15, 0.2) is 15.9 Å². The molecule has 5 heteroatoms. The molecule has 0 saturated heterocycles. The molecule has 0 bridgehead atoms. The van der Waals surface area contributed by atoms with Gasteiger partial charge in [0.05, 0.1) is 16.5 Å². The summed E-state index contributed by atoms with van der Waals surface area (Å²) in [5, 5.41) is 9.42. The summed E-state index contributed by atoms with van der Waals surface area (Å²) in [6.07, 6.45) is -0.305. The summed E-state index contributed by atoms with van der Waals surface area (Å²) in [4.78, 5) is 3.50. The average molecular weight is 308 g/mol. The van der Waals surface area contributed by atoms with Crippen LogP contribution in [0.1, 0.15) is 11.8 Å². The van der Waals surface area contributed by atoms with Crippen molar-refractivity contribution in [2.75, 3.05) is 26.8 Å². The molecular formula is C11H18BrNO2S. The van der Waals surface area contributed by atoms with Crippen molar-refractivity contribution in [3.8, 4) is 0 Å². The Labute approximate surface area is 109 Å². The molecule has 92 valence electrons. The number of hydrogen-bond donors (Lipinski definition) is 1. The van der Waals surface area contributed by atoms with Gasteiger partial charge in [0.1, 0.15) is 0 Å². The number of hydrogen-bond acceptors (Lipinski definition) is 4. The van der Waals surface area contributed by atoms with E-state index in [-0.39, 0.29) is 6.10 Å². The summed E-state index contributed by atoms with van der Waals surface area (Å²) in [5.41, 5.74) is 0. The minimum Gasteiger partial charge on any atom is -0.392 e. The molecule has 0 aliphatic heterocycles. The molecule has 0 aromatic carbocycles. The number of aliphatic hydroxyl groups is 1. The molecule has 1 N–H and O–H groups in total. The van der Waals surface area contributed by atoms with Gasteiger partial charge in [0.25, 0.3) is 0 Å². The van der Waals surface area contributed by atoms with Gasteiger partial charge in [-0.1, -0.05) is 0 Å². The van der Waals surface area contributed by atoms with Crippen LogP contribution in [0.5, 0.6) is 0 Å². The van der Waals surface area contributed by atoms with E-state index >= 15 is 0 Å². The Bertz CT molecular complexity index is 304. The van der Waals surface area contributed by atoms with Crippen molar-refractivity contribution in [2.24, 2.45) is 0 Å². The van der Waals surface area contributed by atoms with Crippen molar-refractivity contribution >= 4 is 27.3 Å². The SMILES string of the molecule is COCCN(Cc1ccc(Br)s1)C[C@@H](C)O. The van der Waals surface area contributed by atoms with E-state index in [0.717, 1.165) is 16.9 Å². The first-order chi connectivity index (χ1) is 7.61. The molecule has 1 atom stereocenters. The third-order valence-electron chi connectivity index (χ3n) is 2.14. The quantitative estimate of drug-likeness (QED) is 0.839. The van der Waals surface area contributed by atoms with Gasteiger partial charge in [0, 0.05) is 31.6 Å². The molecule has 0 spiro atoms. The first-order valence-corrected chi connectivity index (χ1v) is 6.86. The van der Waals surface area contributed by atoms with E-state index in [4.69, 9.17) is 4.74 Å². The summed E-state index contributed by atoms with van der Waals surface area (Å²) in [6.45, 7) is 4.89. The maximum absolute atomic E-state index is 9.42. The Morgan fingerprint density at radius 1 is 1.56 bits per heavy atom. The highest BCUT2D eigenvalue weighted by atomic mass is 79.9. The highest BCUT2D eigenvalue weighted by molar-refractivity contribution is 9.11. The van der Waals surface area contributed by atoms with Crippen molar-refractivity contribution in [1.82, 2.24) is 4.90 Å². The third-order valence-corrected chi connectivity index (χ3v) is 3.75. The Morgan fingerprint density at radius 2 is 2.31 bits per heavy atom. The standard InChI is InChI=1S/C11H18BrNO2S/c1-9(14)7-13(5-6-15-2)8-10-3-4-11(12)16-10/h3-4,9,14H,5-8H2,1-2H3/t9-/m1/s1. The second-order valence-corrected chi connectivity index (χ2v) is 6.33. The second-order valence-electron chi connectivity index (χ2n) is 3.78. The van der Waals surface area contributed by atoms with Crippen LogP contribution in [0, 0.1) is 0 Å². The first kappa shape index (κ1) is 14.1. The predicted octanol–water partition coefficient (Wildman–Crippen LogP) is 2.34. The molecule has 1 aromatic rings. The lowest BCUT2D eigenvalue weighted by atomic mass is 10.3. The predicted molar refractivity (Wildman–Crippen MR) is 70.9 cm³/mol. The van der Waals surface area contributed by atoms with E-state index in [1.165, 1.54) is 4.88 Å². The summed E-state index contributed by atoms with van der Waals surface area (Å²) in [7, 11) is 1.70. The van der Waals surface area contributed by atoms with E-state index in [1.807, 2.05) is 6.92 Å². The highest BCUT2D eigenvalue weighted by Crippen LogP contribution is 2.23. The van der Waals surface area contributed by atoms with Gasteiger partial charge in [-0.05, 0) is 35.0 Å². The fraction of sp³-hybridized carbons (Fsp3) is 0.636. The van der Waals surface area contributed by atoms with E-state index in [1.54, 1.807) is 18.4 Å². The van der Waals surface area contributed by atoms with E-state index in [9.17, 15) is 5.11 Å². The zero-order chi connectivity index (χ0) is 12.0. The largest absolute Gasteiger partial charge is 0.392 e. The first-order valence-electron chi connectivity index (χ1n) is 5.25. The molecule has 0 amide bonds. The topological polar surface area (TPSA) is 32.7 Å². The summed E-state index contributed by atoms with van der Waals surface area (Å²) < 4.78 is 6.21. The van der Waals surface area contributed by atoms with E-state index in [2.05, 4.69) is 33.0 Å². The van der Waals surface area contributed by atoms with Gasteiger partial charge in [0.2, 0.25) is 0 Å². The van der Waals surface area contributed by atoms with Crippen LogP contribution in [0.25, 0.3) is 0 Å². The van der Waals surface area contributed by atoms with Gasteiger partial charge < -0.3 is 9.84 Å². The summed E-state index contributed by atoms with van der Waals surface area (Å²) in [5.74, 6) is 0. The van der Waals surface area contributed by atoms with Crippen LogP contribution < -0.4 is 0 Å². The van der Waals surface area contributed by atoms with Gasteiger partial charge in [-0.15, -0.1) is 11.3 Å². The van der Waals surface area contributed by atoms with Crippen molar-refractivity contribution in [2.45, 2.75) is 19.6 Å². The van der Waals surface area contributed by atoms with Gasteiger partial charge >= 0.3 is 0 Å². The molecular weight excluding hydrogens is 290 g/mol. The minimum absolute atomic E-state index is 0.305. The number of halogens is 1. The molecule has 3 nitrogen and oxygen atoms in total. The van der Waals surface area contributed by atoms with Crippen LogP contribution in [0.3, 0.4) is 0 Å². The number of nitrogens with zero attached hydrogens (tertiary/aromatic N) is 1. The van der Waals surface area contributed by atoms with Crippen LogP contribution in [-0.2, 0) is 11.3 Å². The number of ether oxygens (including phenoxy) is 1. The summed E-state index contributed by atoms with van der Waals surface area (Å²) in [6, 6.07) is 4.16. The second kappa shape index (κ2) is 7.40. The lowest BCUT2D eigenvalue weighted by Crippen LogP contribution is -2.33. The maximum atomic E-state index is 9.42. The molecule has 0 radical (unpaired) electrons. The fourth-order valence-corrected chi connectivity index (χ4v) is 3.01. The smallest absolute Gasteiger partial charge is 0.0701 e. The molecule has 0 aliphatic rings. The number of thiophene rings is 1. The highest BCUT2D eigenvalue weighted by Gasteiger charge is 2.10. The Kier molecular flexibility index (Phi) is 6.53. The number of methoxy groups -OCH3 is 1. The molecule has 0 saturated carbocycles.